The van der Waals surface area contributed by atoms with Gasteiger partial charge in [0.2, 0.25) is 5.91 Å². The number of allylic oxidation sites excluding steroid dienone is 2. The Bertz CT molecular complexity index is 2760. The number of rotatable bonds is 27. The van der Waals surface area contributed by atoms with Crippen molar-refractivity contribution in [2.24, 2.45) is 78.9 Å². The minimum atomic E-state index is -1.17. The number of carboxylic acids is 2. The fourth-order valence-electron chi connectivity index (χ4n) is 15.1. The van der Waals surface area contributed by atoms with Gasteiger partial charge in [-0.1, -0.05) is 159 Å². The average molecular weight is 1260 g/mol. The molecule has 0 bridgehead atoms. The number of H-pyrrole nitrogens is 1. The maximum Gasteiger partial charge on any atom is 0.342 e. The average Bonchev–Trinajstić information content (AvgIpc) is 1.77. The van der Waals surface area contributed by atoms with E-state index in [2.05, 4.69) is 94.6 Å². The molecule has 1 amide bonds. The molecule has 0 spiro atoms. The lowest BCUT2D eigenvalue weighted by molar-refractivity contribution is -0.164. The molecule has 15 heteroatoms. The van der Waals surface area contributed by atoms with Gasteiger partial charge in [-0.2, -0.15) is 0 Å². The molecule has 3 aliphatic rings. The third-order valence-corrected chi connectivity index (χ3v) is 22.8. The van der Waals surface area contributed by atoms with E-state index < -0.39 is 69.4 Å². The second-order valence-electron chi connectivity index (χ2n) is 31.8. The van der Waals surface area contributed by atoms with E-state index in [-0.39, 0.29) is 93.5 Å². The third kappa shape index (κ3) is 17.9. The van der Waals surface area contributed by atoms with Crippen LogP contribution in [0.25, 0.3) is 6.08 Å². The predicted molar refractivity (Wildman–Crippen MR) is 362 cm³/mol. The van der Waals surface area contributed by atoms with Gasteiger partial charge in [-0.3, -0.25) is 28.9 Å². The Morgan fingerprint density at radius 3 is 1.49 bits per heavy atom. The molecule has 3 N–H and O–H groups in total. The number of ketones is 2. The van der Waals surface area contributed by atoms with Crippen LogP contribution in [-0.4, -0.2) is 97.5 Å². The van der Waals surface area contributed by atoms with Crippen LogP contribution in [0.2, 0.25) is 0 Å². The molecule has 0 radical (unpaired) electrons. The highest BCUT2D eigenvalue weighted by Gasteiger charge is 2.52. The lowest BCUT2D eigenvalue weighted by Gasteiger charge is -2.50. The molecule has 1 aromatic heterocycles. The number of aliphatic carboxylic acids is 2. The SMILES string of the molecule is C=C(C)C(=O)CCC1CC(C(C)(C)C)C(OC(=O)c2c(CC(=O)C(CC)(CC)CC)[nH]c(/C=C3\N=C(N(C)C(=O)C(CC)(CC)CC)C(C(=O)OC4C(C(C)(C)C)CC(CSC(CC(=O)O)C(=O)O)CC4C(C)(C)C)=C3C(C)C)c2C(C)C)C(C(C)(C)C)C1. The molecule has 1 aliphatic heterocycles. The number of amidine groups is 1. The number of likely N-dealkylation sites (N-methyl/N-ethyl adjacent to an activating group) is 1. The van der Waals surface area contributed by atoms with Crippen LogP contribution in [-0.2, 0) is 44.7 Å². The Labute approximate surface area is 541 Å². The van der Waals surface area contributed by atoms with E-state index in [0.29, 0.717) is 103 Å². The zero-order valence-electron chi connectivity index (χ0n) is 59.6. The lowest BCUT2D eigenvalue weighted by Crippen LogP contribution is -2.51. The highest BCUT2D eigenvalue weighted by molar-refractivity contribution is 8.00. The normalized spacial score (nSPS) is 23.2. The smallest absolute Gasteiger partial charge is 0.342 e. The summed E-state index contributed by atoms with van der Waals surface area (Å²) in [7, 11) is 1.69. The summed E-state index contributed by atoms with van der Waals surface area (Å²) in [6, 6.07) is 0. The second-order valence-corrected chi connectivity index (χ2v) is 33.1. The molecule has 2 aliphatic carbocycles. The Balaban J connectivity index is 2.09. The van der Waals surface area contributed by atoms with Gasteiger partial charge in [-0.15, -0.1) is 11.8 Å². The number of ether oxygens (including phenoxy) is 2. The number of hydrogen-bond acceptors (Lipinski definition) is 11. The van der Waals surface area contributed by atoms with Crippen molar-refractivity contribution in [2.75, 3.05) is 12.8 Å². The fraction of sp³-hybridized carbons (Fsp3) is 0.757. The first kappa shape index (κ1) is 76.7. The van der Waals surface area contributed by atoms with Crippen molar-refractivity contribution in [1.29, 1.82) is 0 Å². The zero-order valence-corrected chi connectivity index (χ0v) is 60.4. The Morgan fingerprint density at radius 2 is 1.11 bits per heavy atom. The Morgan fingerprint density at radius 1 is 0.674 bits per heavy atom. The van der Waals surface area contributed by atoms with Crippen molar-refractivity contribution < 1.29 is 53.2 Å². The number of aromatic nitrogens is 1. The maximum atomic E-state index is 16.0. The van der Waals surface area contributed by atoms with Crippen LogP contribution in [0.5, 0.6) is 0 Å². The first-order valence-corrected chi connectivity index (χ1v) is 34.8. The number of esters is 2. The van der Waals surface area contributed by atoms with Crippen molar-refractivity contribution in [3.63, 3.8) is 0 Å². The molecule has 0 aromatic carbocycles. The first-order chi connectivity index (χ1) is 40.9. The monoisotopic (exact) mass is 1260 g/mol. The summed E-state index contributed by atoms with van der Waals surface area (Å²) in [4.78, 5) is 109. The summed E-state index contributed by atoms with van der Waals surface area (Å²) >= 11 is 1.16. The predicted octanol–water partition coefficient (Wildman–Crippen LogP) is 17.3. The van der Waals surface area contributed by atoms with Gasteiger partial charge in [-0.05, 0) is 151 Å². The molecule has 0 saturated heterocycles. The molecule has 4 rings (SSSR count). The molecule has 2 fully saturated rings. The third-order valence-electron chi connectivity index (χ3n) is 21.3. The number of aliphatic imine (C=N–C) groups is 1. The molecule has 502 valence electrons. The van der Waals surface area contributed by atoms with Crippen molar-refractivity contribution in [1.82, 2.24) is 9.88 Å². The maximum absolute atomic E-state index is 16.0. The second kappa shape index (κ2) is 30.3. The van der Waals surface area contributed by atoms with Crippen LogP contribution in [0.3, 0.4) is 0 Å². The van der Waals surface area contributed by atoms with Gasteiger partial charge in [-0.25, -0.2) is 14.6 Å². The molecule has 14 nitrogen and oxygen atoms in total. The van der Waals surface area contributed by atoms with Gasteiger partial charge in [0.1, 0.15) is 28.8 Å². The minimum Gasteiger partial charge on any atom is -0.481 e. The number of carbonyl (C=O) groups excluding carboxylic acids is 5. The van der Waals surface area contributed by atoms with Crippen molar-refractivity contribution in [2.45, 2.75) is 273 Å². The summed E-state index contributed by atoms with van der Waals surface area (Å²) in [6.45, 7) is 51.8. The van der Waals surface area contributed by atoms with Crippen LogP contribution in [0, 0.1) is 73.9 Å². The van der Waals surface area contributed by atoms with Crippen LogP contribution in [0.15, 0.2) is 34.0 Å². The van der Waals surface area contributed by atoms with Crippen molar-refractivity contribution in [3.8, 4) is 0 Å². The van der Waals surface area contributed by atoms with Crippen LogP contribution in [0.1, 0.15) is 276 Å². The Hall–Kier alpha value is -4.79. The van der Waals surface area contributed by atoms with Gasteiger partial charge in [0.25, 0.3) is 0 Å². The quantitative estimate of drug-likeness (QED) is 0.0555. The molecule has 2 saturated carbocycles. The summed E-state index contributed by atoms with van der Waals surface area (Å²) in [5, 5.41) is 18.5. The summed E-state index contributed by atoms with van der Waals surface area (Å²) in [5.74, 6) is -3.84. The largest absolute Gasteiger partial charge is 0.481 e. The summed E-state index contributed by atoms with van der Waals surface area (Å²) in [5.41, 5.74) is 0.973. The van der Waals surface area contributed by atoms with E-state index in [9.17, 15) is 29.4 Å². The number of aromatic amines is 1. The highest BCUT2D eigenvalue weighted by atomic mass is 32.2. The van der Waals surface area contributed by atoms with E-state index in [4.69, 9.17) is 14.5 Å². The van der Waals surface area contributed by atoms with Gasteiger partial charge in [0.15, 0.2) is 11.6 Å². The Kier molecular flexibility index (Phi) is 26.1. The zero-order chi connectivity index (χ0) is 68.0. The van der Waals surface area contributed by atoms with E-state index in [1.165, 1.54) is 4.90 Å². The molecule has 5 unspecified atom stereocenters. The van der Waals surface area contributed by atoms with Crippen LogP contribution >= 0.6 is 11.8 Å². The standard InChI is InChI=1S/C74H119N3O11S/c1-26-73(27-2,28-3)56(79)39-53-60(66(84)87-62-47(69(13,14)15)34-45(32-33-54(78)42(7)8)35-48(62)70(16,17)18)58(43(9)10)51(75-53)38-52-59(44(11)12)61(64(76-52)77(25)68(86)74(29-4,30-5)31-6)67(85)88-63-49(71(19,20)21)36-46(37-50(63)72(22,23)24)41-89-55(65(82)83)40-57(80)81/h38,43-50,55,62-63,75H,7,26-37,39-41H2,1-6,8-25H3,(H,80,81)(H,82,83)/b52-38-. The number of carbonyl (C=O) groups is 7. The number of amides is 1. The topological polar surface area (TPSA) is 210 Å². The number of nitrogens with zero attached hydrogens (tertiary/aromatic N) is 2. The molecular formula is C74H119N3O11S. The van der Waals surface area contributed by atoms with E-state index in [0.717, 1.165) is 31.0 Å². The first-order valence-electron chi connectivity index (χ1n) is 33.7. The molecular weight excluding hydrogens is 1140 g/mol. The minimum absolute atomic E-state index is 0.00190. The van der Waals surface area contributed by atoms with Gasteiger partial charge in [0, 0.05) is 65.8 Å². The number of hydrogen-bond donors (Lipinski definition) is 3. The van der Waals surface area contributed by atoms with Crippen molar-refractivity contribution in [3.05, 3.63) is 51.5 Å². The number of nitrogens with one attached hydrogen (secondary N) is 1. The van der Waals surface area contributed by atoms with Gasteiger partial charge < -0.3 is 24.7 Å². The van der Waals surface area contributed by atoms with E-state index in [1.54, 1.807) is 14.0 Å². The number of carboxylic acid groups (broad SMARTS) is 2. The van der Waals surface area contributed by atoms with E-state index >= 15 is 14.4 Å². The summed E-state index contributed by atoms with van der Waals surface area (Å²) < 4.78 is 14.2. The molecule has 1 aromatic rings. The fourth-order valence-corrected chi connectivity index (χ4v) is 16.3. The molecule has 89 heavy (non-hydrogen) atoms. The number of thioether (sulfide) groups is 1. The van der Waals surface area contributed by atoms with Crippen LogP contribution in [0.4, 0.5) is 0 Å². The summed E-state index contributed by atoms with van der Waals surface area (Å²) in [6.07, 6.45) is 7.73. The molecule has 2 heterocycles. The number of Topliss-reactive ketones (excluding diaryl/α,β-unsaturated/α-hetero) is 2. The van der Waals surface area contributed by atoms with Crippen LogP contribution < -0.4 is 0 Å². The van der Waals surface area contributed by atoms with Gasteiger partial charge >= 0.3 is 23.9 Å². The van der Waals surface area contributed by atoms with Gasteiger partial charge in [0.05, 0.1) is 17.7 Å². The van der Waals surface area contributed by atoms with Crippen molar-refractivity contribution >= 4 is 65.0 Å². The highest BCUT2D eigenvalue weighted by Crippen LogP contribution is 2.54. The lowest BCUT2D eigenvalue weighted by atomic mass is 9.58. The van der Waals surface area contributed by atoms with E-state index in [1.807, 2.05) is 75.3 Å². The molecule has 5 atom stereocenters.